The summed E-state index contributed by atoms with van der Waals surface area (Å²) in [5, 5.41) is 6.58. The van der Waals surface area contributed by atoms with Crippen LogP contribution < -0.4 is 25.0 Å². The van der Waals surface area contributed by atoms with Crippen LogP contribution in [0.15, 0.2) is 73.1 Å². The number of hydrogen-bond donors (Lipinski definition) is 2. The lowest BCUT2D eigenvalue weighted by Crippen LogP contribution is -2.29. The number of nitrogens with one attached hydrogen (secondary N) is 2. The molecule has 0 saturated carbocycles. The summed E-state index contributed by atoms with van der Waals surface area (Å²) < 4.78 is 10.8. The van der Waals surface area contributed by atoms with Gasteiger partial charge in [-0.25, -0.2) is 9.97 Å². The number of thioether (sulfide) groups is 1. The molecule has 2 N–H and O–H groups in total. The summed E-state index contributed by atoms with van der Waals surface area (Å²) in [5.41, 5.74) is 6.25. The van der Waals surface area contributed by atoms with Gasteiger partial charge < -0.3 is 25.0 Å². The maximum absolute atomic E-state index is 13.5. The molecule has 1 saturated heterocycles. The molecule has 9 heteroatoms. The summed E-state index contributed by atoms with van der Waals surface area (Å²) in [6.45, 7) is 4.77. The van der Waals surface area contributed by atoms with Gasteiger partial charge in [0.15, 0.2) is 11.5 Å². The molecule has 0 radical (unpaired) electrons. The average molecular weight is 612 g/mol. The van der Waals surface area contributed by atoms with E-state index in [1.54, 1.807) is 20.5 Å². The Morgan fingerprint density at radius 1 is 0.909 bits per heavy atom. The first kappa shape index (κ1) is 31.2. The molecule has 1 aliphatic heterocycles. The highest BCUT2D eigenvalue weighted by atomic mass is 32.2. The molecule has 1 aromatic heterocycles. The number of anilines is 3. The number of methoxy groups -OCH3 is 2. The number of nitrogens with zero attached hydrogens (tertiary/aromatic N) is 3. The number of benzene rings is 3. The fourth-order valence-corrected chi connectivity index (χ4v) is 6.17. The van der Waals surface area contributed by atoms with Gasteiger partial charge in [0.1, 0.15) is 12.1 Å². The Kier molecular flexibility index (Phi) is 11.0. The van der Waals surface area contributed by atoms with Crippen molar-refractivity contribution in [2.75, 3.05) is 48.6 Å². The summed E-state index contributed by atoms with van der Waals surface area (Å²) in [5.74, 6) is 3.90. The van der Waals surface area contributed by atoms with Gasteiger partial charge in [0, 0.05) is 48.3 Å². The van der Waals surface area contributed by atoms with Crippen molar-refractivity contribution in [2.24, 2.45) is 0 Å². The molecule has 2 heterocycles. The number of carbonyl (C=O) groups excluding carboxylic acids is 1. The van der Waals surface area contributed by atoms with Crippen LogP contribution in [0.1, 0.15) is 54.1 Å². The number of amides is 1. The van der Waals surface area contributed by atoms with E-state index >= 15 is 0 Å². The molecule has 3 aromatic carbocycles. The molecule has 1 fully saturated rings. The number of aromatic nitrogens is 2. The predicted molar refractivity (Wildman–Crippen MR) is 181 cm³/mol. The fraction of sp³-hybridized carbons (Fsp3) is 0.343. The van der Waals surface area contributed by atoms with Crippen LogP contribution >= 0.6 is 11.8 Å². The monoisotopic (exact) mass is 611 g/mol. The predicted octanol–water partition coefficient (Wildman–Crippen LogP) is 7.66. The van der Waals surface area contributed by atoms with Gasteiger partial charge in [0.05, 0.1) is 25.6 Å². The van der Waals surface area contributed by atoms with Gasteiger partial charge in [-0.1, -0.05) is 25.1 Å². The number of ether oxygens (including phenoxy) is 2. The zero-order chi connectivity index (χ0) is 30.7. The van der Waals surface area contributed by atoms with Crippen LogP contribution in [0.2, 0.25) is 0 Å². The van der Waals surface area contributed by atoms with E-state index < -0.39 is 0 Å². The summed E-state index contributed by atoms with van der Waals surface area (Å²) in [6.07, 6.45) is 6.31. The third-order valence-corrected chi connectivity index (χ3v) is 8.88. The van der Waals surface area contributed by atoms with Crippen molar-refractivity contribution in [1.82, 2.24) is 9.97 Å². The fourth-order valence-electron chi connectivity index (χ4n) is 5.32. The Hall–Kier alpha value is -4.24. The smallest absolute Gasteiger partial charge is 0.255 e. The van der Waals surface area contributed by atoms with Gasteiger partial charge in [-0.05, 0) is 85.0 Å². The lowest BCUT2D eigenvalue weighted by Gasteiger charge is -2.29. The largest absolute Gasteiger partial charge is 0.493 e. The first-order valence-corrected chi connectivity index (χ1v) is 16.4. The molecule has 1 aliphatic rings. The Morgan fingerprint density at radius 2 is 1.75 bits per heavy atom. The van der Waals surface area contributed by atoms with Gasteiger partial charge in [-0.2, -0.15) is 11.8 Å². The van der Waals surface area contributed by atoms with Crippen molar-refractivity contribution in [2.45, 2.75) is 44.9 Å². The maximum Gasteiger partial charge on any atom is 0.255 e. The van der Waals surface area contributed by atoms with E-state index in [0.717, 1.165) is 59.1 Å². The van der Waals surface area contributed by atoms with Crippen LogP contribution in [0.3, 0.4) is 0 Å². The Balaban J connectivity index is 1.40. The van der Waals surface area contributed by atoms with E-state index in [2.05, 4.69) is 50.6 Å². The zero-order valence-corrected chi connectivity index (χ0v) is 26.6. The van der Waals surface area contributed by atoms with Crippen LogP contribution in [0.25, 0.3) is 11.3 Å². The first-order valence-electron chi connectivity index (χ1n) is 15.2. The van der Waals surface area contributed by atoms with E-state index in [-0.39, 0.29) is 5.91 Å². The number of rotatable bonds is 13. The molecule has 1 amide bonds. The molecule has 0 unspecified atom stereocenters. The van der Waals surface area contributed by atoms with Gasteiger partial charge in [-0.3, -0.25) is 4.79 Å². The highest BCUT2D eigenvalue weighted by Gasteiger charge is 2.17. The molecule has 4 aromatic rings. The summed E-state index contributed by atoms with van der Waals surface area (Å²) in [7, 11) is 3.25. The summed E-state index contributed by atoms with van der Waals surface area (Å²) in [4.78, 5) is 25.0. The van der Waals surface area contributed by atoms with E-state index in [1.165, 1.54) is 19.3 Å². The van der Waals surface area contributed by atoms with Crippen molar-refractivity contribution in [1.29, 1.82) is 0 Å². The highest BCUT2D eigenvalue weighted by Crippen LogP contribution is 2.34. The van der Waals surface area contributed by atoms with Crippen LogP contribution in [0, 0.1) is 0 Å². The minimum Gasteiger partial charge on any atom is -0.493 e. The Bertz CT molecular complexity index is 1560. The first-order chi connectivity index (χ1) is 21.6. The quantitative estimate of drug-likeness (QED) is 0.149. The third-order valence-electron chi connectivity index (χ3n) is 7.64. The van der Waals surface area contributed by atoms with E-state index in [0.29, 0.717) is 35.1 Å². The number of carbonyl (C=O) groups is 1. The van der Waals surface area contributed by atoms with Gasteiger partial charge in [-0.15, -0.1) is 0 Å². The highest BCUT2D eigenvalue weighted by molar-refractivity contribution is 7.98. The Labute approximate surface area is 264 Å². The maximum atomic E-state index is 13.5. The second kappa shape index (κ2) is 15.5. The standard InChI is InChI=1S/C35H41N5O3S/c1-4-17-44-23-26-9-8-10-27(18-26)35(41)39-30-13-12-28(40-15-6-5-7-16-40)20-29(30)31-21-34(38-24-37-31)36-22-25-11-14-32(42-2)33(19-25)43-3/h8-14,18-21,24H,4-7,15-17,22-23H2,1-3H3,(H,39,41)(H,36,37,38). The van der Waals surface area contributed by atoms with Crippen LogP contribution in [-0.4, -0.2) is 48.9 Å². The topological polar surface area (TPSA) is 88.6 Å². The van der Waals surface area contributed by atoms with Crippen molar-refractivity contribution in [3.8, 4) is 22.8 Å². The van der Waals surface area contributed by atoms with E-state index in [1.807, 2.05) is 60.3 Å². The van der Waals surface area contributed by atoms with Crippen molar-refractivity contribution >= 4 is 34.9 Å². The average Bonchev–Trinajstić information content (AvgIpc) is 3.08. The lowest BCUT2D eigenvalue weighted by molar-refractivity contribution is 0.102. The molecule has 230 valence electrons. The Morgan fingerprint density at radius 3 is 2.55 bits per heavy atom. The lowest BCUT2D eigenvalue weighted by atomic mass is 10.0. The SMILES string of the molecule is CCCSCc1cccc(C(=O)Nc2ccc(N3CCCCC3)cc2-c2cc(NCc3ccc(OC)c(OC)c3)ncn2)c1. The third kappa shape index (κ3) is 8.02. The van der Waals surface area contributed by atoms with Crippen molar-refractivity contribution in [3.63, 3.8) is 0 Å². The number of piperidine rings is 1. The van der Waals surface area contributed by atoms with Gasteiger partial charge >= 0.3 is 0 Å². The van der Waals surface area contributed by atoms with Crippen LogP contribution in [0.5, 0.6) is 11.5 Å². The summed E-state index contributed by atoms with van der Waals surface area (Å²) in [6, 6.07) is 21.9. The van der Waals surface area contributed by atoms with Crippen molar-refractivity contribution in [3.05, 3.63) is 89.7 Å². The zero-order valence-electron chi connectivity index (χ0n) is 25.8. The molecule has 0 spiro atoms. The van der Waals surface area contributed by atoms with Crippen LogP contribution in [-0.2, 0) is 12.3 Å². The molecular weight excluding hydrogens is 570 g/mol. The molecule has 8 nitrogen and oxygen atoms in total. The molecule has 0 bridgehead atoms. The summed E-state index contributed by atoms with van der Waals surface area (Å²) >= 11 is 1.88. The second-order valence-corrected chi connectivity index (χ2v) is 11.9. The second-order valence-electron chi connectivity index (χ2n) is 10.8. The number of hydrogen-bond acceptors (Lipinski definition) is 8. The molecular formula is C35H41N5O3S. The van der Waals surface area contributed by atoms with E-state index in [9.17, 15) is 4.79 Å². The van der Waals surface area contributed by atoms with Crippen LogP contribution in [0.4, 0.5) is 17.2 Å². The molecule has 0 aliphatic carbocycles. The van der Waals surface area contributed by atoms with Gasteiger partial charge in [0.2, 0.25) is 0 Å². The molecule has 44 heavy (non-hydrogen) atoms. The minimum absolute atomic E-state index is 0.139. The van der Waals surface area contributed by atoms with Gasteiger partial charge in [0.25, 0.3) is 5.91 Å². The normalized spacial score (nSPS) is 12.9. The molecule has 5 rings (SSSR count). The molecule has 0 atom stereocenters. The minimum atomic E-state index is -0.139. The van der Waals surface area contributed by atoms with Crippen molar-refractivity contribution < 1.29 is 14.3 Å². The van der Waals surface area contributed by atoms with E-state index in [4.69, 9.17) is 9.47 Å².